The van der Waals surface area contributed by atoms with Crippen molar-refractivity contribution >= 4 is 28.8 Å². The number of hydrogen-bond donors (Lipinski definition) is 0. The van der Waals surface area contributed by atoms with Crippen LogP contribution in [-0.4, -0.2) is 6.04 Å². The van der Waals surface area contributed by atoms with Crippen LogP contribution in [0.5, 0.6) is 0 Å². The molecule has 0 bridgehead atoms. The molecule has 94 valence electrons. The van der Waals surface area contributed by atoms with E-state index < -0.39 is 6.04 Å². The number of allylic oxidation sites excluding steroid dienone is 4. The maximum absolute atomic E-state index is 10.4. The molecular weight excluding hydrogens is 283 g/mol. The summed E-state index contributed by atoms with van der Waals surface area (Å²) in [6.07, 6.45) is 6.64. The van der Waals surface area contributed by atoms with Gasteiger partial charge in [-0.25, -0.2) is 0 Å². The van der Waals surface area contributed by atoms with Crippen LogP contribution >= 0.6 is 23.2 Å². The monoisotopic (exact) mass is 290 g/mol. The van der Waals surface area contributed by atoms with Crippen molar-refractivity contribution in [3.05, 3.63) is 68.6 Å². The molecule has 0 radical (unpaired) electrons. The van der Waals surface area contributed by atoms with Gasteiger partial charge in [0.1, 0.15) is 12.1 Å². The normalized spacial score (nSPS) is 17.1. The fourth-order valence-corrected chi connectivity index (χ4v) is 2.24. The van der Waals surface area contributed by atoms with Gasteiger partial charge in [-0.2, -0.15) is 5.26 Å². The molecule has 0 atom stereocenters. The minimum absolute atomic E-state index is 0.411. The lowest BCUT2D eigenvalue weighted by Crippen LogP contribution is -1.99. The van der Waals surface area contributed by atoms with Crippen LogP contribution in [0.1, 0.15) is 5.56 Å². The highest BCUT2D eigenvalue weighted by molar-refractivity contribution is 6.35. The van der Waals surface area contributed by atoms with E-state index in [1.807, 2.05) is 0 Å². The van der Waals surface area contributed by atoms with E-state index in [2.05, 4.69) is 11.2 Å². The Bertz CT molecular complexity index is 638. The van der Waals surface area contributed by atoms with Crippen LogP contribution in [-0.2, 0) is 0 Å². The standard InChI is InChI=1S/C14H8Cl2N2O/c15-10-3-6-12(14(16)7-10)13(8-17)9-1-4-11(18-19)5-2-9/h1-7,11H. The molecular formula is C14H8Cl2N2O. The summed E-state index contributed by atoms with van der Waals surface area (Å²) >= 11 is 11.9. The maximum atomic E-state index is 10.4. The Hall–Kier alpha value is -1.89. The number of nitrogens with zero attached hydrogens (tertiary/aromatic N) is 2. The third kappa shape index (κ3) is 2.93. The van der Waals surface area contributed by atoms with E-state index in [1.54, 1.807) is 42.5 Å². The summed E-state index contributed by atoms with van der Waals surface area (Å²) in [6, 6.07) is 6.60. The first kappa shape index (κ1) is 13.5. The summed E-state index contributed by atoms with van der Waals surface area (Å²) in [6.45, 7) is 0. The Morgan fingerprint density at radius 1 is 1.26 bits per heavy atom. The van der Waals surface area contributed by atoms with Crippen LogP contribution in [0.25, 0.3) is 5.57 Å². The lowest BCUT2D eigenvalue weighted by Gasteiger charge is -2.09. The summed E-state index contributed by atoms with van der Waals surface area (Å²) in [7, 11) is 0. The van der Waals surface area contributed by atoms with Gasteiger partial charge in [0.2, 0.25) is 0 Å². The molecule has 1 aliphatic carbocycles. The topological polar surface area (TPSA) is 53.2 Å². The molecule has 1 aromatic rings. The van der Waals surface area contributed by atoms with Crippen molar-refractivity contribution in [2.45, 2.75) is 6.04 Å². The van der Waals surface area contributed by atoms with Gasteiger partial charge in [0.15, 0.2) is 0 Å². The molecule has 1 aliphatic rings. The molecule has 0 amide bonds. The summed E-state index contributed by atoms with van der Waals surface area (Å²) in [4.78, 5) is 10.4. The maximum Gasteiger partial charge on any atom is 0.129 e. The zero-order chi connectivity index (χ0) is 13.8. The second-order valence-corrected chi connectivity index (χ2v) is 4.72. The molecule has 2 rings (SSSR count). The average Bonchev–Trinajstić information content (AvgIpc) is 2.42. The van der Waals surface area contributed by atoms with Crippen LogP contribution in [0, 0.1) is 16.2 Å². The Morgan fingerprint density at radius 2 is 1.95 bits per heavy atom. The van der Waals surface area contributed by atoms with E-state index in [4.69, 9.17) is 23.2 Å². The Labute approximate surface area is 120 Å². The van der Waals surface area contributed by atoms with Crippen LogP contribution in [0.2, 0.25) is 10.0 Å². The lowest BCUT2D eigenvalue weighted by molar-refractivity contribution is 1.00. The van der Waals surface area contributed by atoms with E-state index in [9.17, 15) is 10.2 Å². The number of halogens is 2. The second kappa shape index (κ2) is 5.83. The van der Waals surface area contributed by atoms with Gasteiger partial charge in [-0.1, -0.05) is 58.7 Å². The van der Waals surface area contributed by atoms with Crippen molar-refractivity contribution in [3.8, 4) is 6.07 Å². The molecule has 0 N–H and O–H groups in total. The van der Waals surface area contributed by atoms with Crippen molar-refractivity contribution in [1.29, 1.82) is 5.26 Å². The second-order valence-electron chi connectivity index (χ2n) is 3.88. The first-order valence-electron chi connectivity index (χ1n) is 5.44. The van der Waals surface area contributed by atoms with Crippen molar-refractivity contribution in [2.75, 3.05) is 0 Å². The molecule has 0 fully saturated rings. The number of rotatable bonds is 2. The van der Waals surface area contributed by atoms with E-state index in [0.29, 0.717) is 26.8 Å². The van der Waals surface area contributed by atoms with Crippen molar-refractivity contribution < 1.29 is 0 Å². The highest BCUT2D eigenvalue weighted by Crippen LogP contribution is 2.30. The van der Waals surface area contributed by atoms with E-state index >= 15 is 0 Å². The Morgan fingerprint density at radius 3 is 2.47 bits per heavy atom. The van der Waals surface area contributed by atoms with Gasteiger partial charge in [0.25, 0.3) is 0 Å². The molecule has 0 saturated heterocycles. The van der Waals surface area contributed by atoms with Crippen molar-refractivity contribution in [2.24, 2.45) is 5.18 Å². The van der Waals surface area contributed by atoms with Gasteiger partial charge in [0, 0.05) is 10.6 Å². The molecule has 3 nitrogen and oxygen atoms in total. The van der Waals surface area contributed by atoms with E-state index in [0.717, 1.165) is 0 Å². The SMILES string of the molecule is N#CC(=C1C=CC(N=O)C=C1)c1ccc(Cl)cc1Cl. The van der Waals surface area contributed by atoms with Gasteiger partial charge in [-0.15, -0.1) is 4.91 Å². The molecule has 5 heteroatoms. The zero-order valence-electron chi connectivity index (χ0n) is 9.68. The van der Waals surface area contributed by atoms with Crippen LogP contribution in [0.4, 0.5) is 0 Å². The third-order valence-corrected chi connectivity index (χ3v) is 3.22. The Kier molecular flexibility index (Phi) is 4.16. The van der Waals surface area contributed by atoms with Gasteiger partial charge in [-0.05, 0) is 17.7 Å². The largest absolute Gasteiger partial charge is 0.192 e. The van der Waals surface area contributed by atoms with Crippen LogP contribution < -0.4 is 0 Å². The lowest BCUT2D eigenvalue weighted by atomic mass is 9.97. The van der Waals surface area contributed by atoms with Crippen molar-refractivity contribution in [3.63, 3.8) is 0 Å². The molecule has 0 aliphatic heterocycles. The van der Waals surface area contributed by atoms with Crippen LogP contribution in [0.15, 0.2) is 53.3 Å². The van der Waals surface area contributed by atoms with Crippen molar-refractivity contribution in [1.82, 2.24) is 0 Å². The molecule has 0 unspecified atom stereocenters. The summed E-state index contributed by atoms with van der Waals surface area (Å²) in [5, 5.41) is 13.1. The number of benzene rings is 1. The summed E-state index contributed by atoms with van der Waals surface area (Å²) in [5.41, 5.74) is 1.72. The minimum Gasteiger partial charge on any atom is -0.192 e. The van der Waals surface area contributed by atoms with Gasteiger partial charge < -0.3 is 0 Å². The predicted molar refractivity (Wildman–Crippen MR) is 76.9 cm³/mol. The van der Waals surface area contributed by atoms with Gasteiger partial charge in [-0.3, -0.25) is 0 Å². The van der Waals surface area contributed by atoms with E-state index in [1.165, 1.54) is 0 Å². The fraction of sp³-hybridized carbons (Fsp3) is 0.0714. The summed E-state index contributed by atoms with van der Waals surface area (Å²) < 4.78 is 0. The van der Waals surface area contributed by atoms with E-state index in [-0.39, 0.29) is 0 Å². The fourth-order valence-electron chi connectivity index (χ4n) is 1.73. The highest BCUT2D eigenvalue weighted by atomic mass is 35.5. The number of nitroso groups, excluding NO2 is 1. The molecule has 0 aromatic heterocycles. The quantitative estimate of drug-likeness (QED) is 0.593. The first-order chi connectivity index (χ1) is 9.15. The molecule has 0 spiro atoms. The molecule has 0 heterocycles. The number of hydrogen-bond acceptors (Lipinski definition) is 3. The smallest absolute Gasteiger partial charge is 0.129 e. The summed E-state index contributed by atoms with van der Waals surface area (Å²) in [5.74, 6) is 0. The third-order valence-electron chi connectivity index (χ3n) is 2.67. The molecule has 1 aromatic carbocycles. The highest BCUT2D eigenvalue weighted by Gasteiger charge is 2.13. The van der Waals surface area contributed by atoms with Crippen LogP contribution in [0.3, 0.4) is 0 Å². The van der Waals surface area contributed by atoms with Gasteiger partial charge >= 0.3 is 0 Å². The molecule has 0 saturated carbocycles. The minimum atomic E-state index is -0.482. The zero-order valence-corrected chi connectivity index (χ0v) is 11.2. The average molecular weight is 291 g/mol. The first-order valence-corrected chi connectivity index (χ1v) is 6.20. The molecule has 19 heavy (non-hydrogen) atoms. The number of nitriles is 1. The van der Waals surface area contributed by atoms with Gasteiger partial charge in [0.05, 0.1) is 10.6 Å². The predicted octanol–water partition coefficient (Wildman–Crippen LogP) is 4.53. The Balaban J connectivity index is 2.50.